The zero-order chi connectivity index (χ0) is 81.1. The quantitative estimate of drug-likeness (QED) is 0.0904. The number of hydrogen-bond donors (Lipinski definition) is 1. The fourth-order valence-corrected chi connectivity index (χ4v) is 14.3. The maximum atomic E-state index is 5.52. The van der Waals surface area contributed by atoms with Gasteiger partial charge in [0.1, 0.15) is 29.5 Å². The first-order chi connectivity index (χ1) is 48.5. The van der Waals surface area contributed by atoms with E-state index in [0.717, 1.165) is 29.6 Å². The fourth-order valence-electron chi connectivity index (χ4n) is 12.0. The maximum Gasteiger partial charge on any atom is 0.196 e. The second kappa shape index (κ2) is 46.5. The third-order valence-corrected chi connectivity index (χ3v) is 21.1. The summed E-state index contributed by atoms with van der Waals surface area (Å²) >= 11 is 3.69. The molecule has 0 amide bonds. The molecule has 8 aromatic heterocycles. The number of thiophene rings is 1. The summed E-state index contributed by atoms with van der Waals surface area (Å²) in [6.45, 7) is 85.4. The van der Waals surface area contributed by atoms with Gasteiger partial charge in [0.25, 0.3) is 0 Å². The van der Waals surface area contributed by atoms with Gasteiger partial charge in [0.15, 0.2) is 5.89 Å². The SMILES string of the molecule is CC(C)C1=CCC(C(C)C)=N1.CC(C)c1cn(C)c(C(C)C)n1.CC(C)c1cnc(C(C)C)[nH]1.CC(C)c1cnc(C(C)C)n1C.CC(C)c1coc(C(C)C)n1.CC(C)c1csc(C(C)C)n1.Cc1c(C(C)C)cn(C)c1C(C)C.Cc1c(C(C)C)coc1C(C)C.Cc1c(C(C)C)csc1C(C)C. The molecule has 0 atom stereocenters. The van der Waals surface area contributed by atoms with Crippen molar-refractivity contribution < 1.29 is 8.83 Å². The van der Waals surface area contributed by atoms with Crippen molar-refractivity contribution in [1.29, 1.82) is 0 Å². The Balaban J connectivity index is 0.000000591. The minimum atomic E-state index is 0.391. The molecule has 9 rings (SSSR count). The largest absolute Gasteiger partial charge is 0.468 e. The molecule has 0 saturated heterocycles. The van der Waals surface area contributed by atoms with Crippen molar-refractivity contribution in [2.75, 3.05) is 0 Å². The number of nitrogens with one attached hydrogen (secondary N) is 1. The Kier molecular flexibility index (Phi) is 43.0. The van der Waals surface area contributed by atoms with Crippen LogP contribution in [0.1, 0.15) is 457 Å². The number of aromatic nitrogens is 9. The number of aromatic amines is 1. The first-order valence-electron chi connectivity index (χ1n) is 40.1. The van der Waals surface area contributed by atoms with Crippen molar-refractivity contribution in [3.8, 4) is 0 Å². The zero-order valence-corrected chi connectivity index (χ0v) is 76.6. The van der Waals surface area contributed by atoms with Crippen molar-refractivity contribution in [3.63, 3.8) is 0 Å². The van der Waals surface area contributed by atoms with Gasteiger partial charge >= 0.3 is 0 Å². The molecular weight excluding hydrogens is 1330 g/mol. The molecule has 0 spiro atoms. The van der Waals surface area contributed by atoms with Crippen LogP contribution in [-0.4, -0.2) is 49.3 Å². The van der Waals surface area contributed by atoms with Crippen molar-refractivity contribution >= 4 is 28.4 Å². The van der Waals surface area contributed by atoms with Crippen LogP contribution in [0.3, 0.4) is 0 Å². The predicted octanol–water partition coefficient (Wildman–Crippen LogP) is 29.0. The Hall–Kier alpha value is -5.86. The third kappa shape index (κ3) is 31.7. The summed E-state index contributed by atoms with van der Waals surface area (Å²) in [5, 5.41) is 5.74. The lowest BCUT2D eigenvalue weighted by molar-refractivity contribution is 0.470. The lowest BCUT2D eigenvalue weighted by Crippen LogP contribution is -2.04. The van der Waals surface area contributed by atoms with Crippen LogP contribution in [0.2, 0.25) is 0 Å². The van der Waals surface area contributed by atoms with Crippen LogP contribution in [0, 0.1) is 32.6 Å². The van der Waals surface area contributed by atoms with E-state index in [4.69, 9.17) is 8.83 Å². The normalized spacial score (nSPS) is 12.2. The van der Waals surface area contributed by atoms with Gasteiger partial charge in [0, 0.05) is 127 Å². The molecule has 14 heteroatoms. The van der Waals surface area contributed by atoms with Gasteiger partial charge in [0.05, 0.1) is 28.4 Å². The lowest BCUT2D eigenvalue weighted by Gasteiger charge is -2.09. The van der Waals surface area contributed by atoms with Crippen molar-refractivity contribution in [1.82, 2.24) is 43.6 Å². The summed E-state index contributed by atoms with van der Waals surface area (Å²) in [4.78, 5) is 31.5. The summed E-state index contributed by atoms with van der Waals surface area (Å²) in [7, 11) is 6.31. The number of imidazole rings is 3. The van der Waals surface area contributed by atoms with Gasteiger partial charge < -0.3 is 27.5 Å². The molecule has 9 heterocycles. The Bertz CT molecular complexity index is 3330. The highest BCUT2D eigenvalue weighted by atomic mass is 32.1. The summed E-state index contributed by atoms with van der Waals surface area (Å²) in [5.74, 6) is 15.5. The molecule has 0 aromatic carbocycles. The van der Waals surface area contributed by atoms with E-state index in [1.807, 2.05) is 30.0 Å². The van der Waals surface area contributed by atoms with Crippen LogP contribution in [0.4, 0.5) is 0 Å². The average molecular weight is 1490 g/mol. The molecule has 0 aliphatic carbocycles. The van der Waals surface area contributed by atoms with E-state index >= 15 is 0 Å². The Morgan fingerprint density at radius 3 is 1.21 bits per heavy atom. The molecule has 0 bridgehead atoms. The smallest absolute Gasteiger partial charge is 0.196 e. The highest BCUT2D eigenvalue weighted by Gasteiger charge is 2.19. The summed E-state index contributed by atoms with van der Waals surface area (Å²) in [5.41, 5.74) is 18.8. The minimum Gasteiger partial charge on any atom is -0.468 e. The van der Waals surface area contributed by atoms with E-state index in [9.17, 15) is 0 Å². The van der Waals surface area contributed by atoms with E-state index in [0.29, 0.717) is 107 Å². The fraction of sp³-hybridized carbons (Fsp3) is 0.670. The zero-order valence-electron chi connectivity index (χ0n) is 75.0. The number of thiazole rings is 1. The molecule has 105 heavy (non-hydrogen) atoms. The monoisotopic (exact) mass is 1490 g/mol. The van der Waals surface area contributed by atoms with Gasteiger partial charge in [-0.05, 0) is 131 Å². The van der Waals surface area contributed by atoms with Crippen LogP contribution in [0.15, 0.2) is 73.7 Å². The van der Waals surface area contributed by atoms with Crippen molar-refractivity contribution in [3.05, 3.63) is 166 Å². The number of H-pyrrole nitrogens is 1. The molecule has 1 N–H and O–H groups in total. The van der Waals surface area contributed by atoms with Crippen LogP contribution in [-0.2, 0) is 21.1 Å². The number of furan rings is 1. The van der Waals surface area contributed by atoms with Crippen LogP contribution < -0.4 is 0 Å². The molecule has 0 unspecified atom stereocenters. The molecule has 12 nitrogen and oxygen atoms in total. The topological polar surface area (TPSA) is 134 Å². The predicted molar refractivity (Wildman–Crippen MR) is 462 cm³/mol. The van der Waals surface area contributed by atoms with E-state index < -0.39 is 0 Å². The van der Waals surface area contributed by atoms with Crippen molar-refractivity contribution in [2.45, 2.75) is 371 Å². The first-order valence-corrected chi connectivity index (χ1v) is 41.9. The Morgan fingerprint density at radius 2 is 0.952 bits per heavy atom. The van der Waals surface area contributed by atoms with Gasteiger partial charge in [-0.25, -0.2) is 24.9 Å². The molecule has 8 aromatic rings. The van der Waals surface area contributed by atoms with Crippen LogP contribution in [0.25, 0.3) is 0 Å². The van der Waals surface area contributed by atoms with Gasteiger partial charge in [-0.3, -0.25) is 4.99 Å². The maximum absolute atomic E-state index is 5.52. The molecule has 0 saturated carbocycles. The molecule has 1 aliphatic heterocycles. The first kappa shape index (κ1) is 97.2. The second-order valence-corrected chi connectivity index (χ2v) is 36.3. The summed E-state index contributed by atoms with van der Waals surface area (Å²) < 4.78 is 17.4. The molecule has 1 aliphatic rings. The van der Waals surface area contributed by atoms with Gasteiger partial charge in [-0.1, -0.05) is 255 Å². The number of oxazole rings is 1. The molecular formula is C91H156N10O2S2. The van der Waals surface area contributed by atoms with E-state index in [-0.39, 0.29) is 0 Å². The Morgan fingerprint density at radius 1 is 0.400 bits per heavy atom. The van der Waals surface area contributed by atoms with Gasteiger partial charge in [0.2, 0.25) is 0 Å². The second-order valence-electron chi connectivity index (χ2n) is 34.5. The third-order valence-electron chi connectivity index (χ3n) is 18.5. The average Bonchev–Trinajstić information content (AvgIpc) is 1.69. The van der Waals surface area contributed by atoms with E-state index in [2.05, 4.69) is 369 Å². The van der Waals surface area contributed by atoms with E-state index in [1.165, 1.54) is 89.9 Å². The standard InChI is InChI=1S/C12H21N.C11H18O.C11H18S.2C10H18N2.C10H17N.C9H16N2.C9H15NO.C9H15NS/c1-8(2)11-7-13(6)12(9(3)4)10(11)5;2*1-7(2)10-6-12-11(8(3)4)9(10)5;1-7(2)9-6-12(5)10(11-9)8(3)4;1-7(2)9-6-11-10(8(3)4)12(9)5;1-7(2)9-5-6-10(11-9)8(3)4;1-6(2)8-5-10-9(11-8)7(3)4;2*1-6(2)8-5-11-9(10-8)7(3)4/h7-9H,1-6H3;4*6-8H,1-5H3;5,7-8H,6H2,1-4H3;5-7H,1-4H3,(H,10,11);2*5-7H,1-4H3. The number of nitrogens with zero attached hydrogens (tertiary/aromatic N) is 9. The van der Waals surface area contributed by atoms with Crippen LogP contribution >= 0.6 is 22.7 Å². The molecule has 0 fully saturated rings. The lowest BCUT2D eigenvalue weighted by atomic mass is 9.98. The minimum absolute atomic E-state index is 0.391. The Labute approximate surface area is 652 Å². The van der Waals surface area contributed by atoms with Gasteiger partial charge in [-0.2, -0.15) is 0 Å². The highest BCUT2D eigenvalue weighted by molar-refractivity contribution is 7.10. The van der Waals surface area contributed by atoms with Gasteiger partial charge in [-0.15, -0.1) is 22.7 Å². The number of rotatable bonds is 18. The summed E-state index contributed by atoms with van der Waals surface area (Å²) in [6.07, 6.45) is 15.3. The highest BCUT2D eigenvalue weighted by Crippen LogP contribution is 2.34. The van der Waals surface area contributed by atoms with Crippen LogP contribution in [0.5, 0.6) is 0 Å². The molecule has 0 radical (unpaired) electrons. The van der Waals surface area contributed by atoms with E-state index in [1.54, 1.807) is 22.5 Å². The number of allylic oxidation sites excluding steroid dienone is 2. The van der Waals surface area contributed by atoms with Crippen molar-refractivity contribution in [2.24, 2.45) is 38.0 Å². The number of hydrogen-bond acceptors (Lipinski definition) is 10. The molecule has 594 valence electrons. The number of aryl methyl sites for hydroxylation is 2. The number of aliphatic imine (C=N–C) groups is 1. The summed E-state index contributed by atoms with van der Waals surface area (Å²) in [6, 6.07) is 0.